The van der Waals surface area contributed by atoms with Crippen LogP contribution in [0.4, 0.5) is 13.2 Å². The Morgan fingerprint density at radius 2 is 1.52 bits per heavy atom. The lowest BCUT2D eigenvalue weighted by molar-refractivity contribution is -0.218. The number of rotatable bonds is 6. The van der Waals surface area contributed by atoms with Gasteiger partial charge in [-0.15, -0.1) is 0 Å². The highest BCUT2D eigenvalue weighted by atomic mass is 19.4. The molecule has 2 aliphatic heterocycles. The maximum absolute atomic E-state index is 14.1. The van der Waals surface area contributed by atoms with Crippen molar-refractivity contribution in [1.29, 1.82) is 0 Å². The van der Waals surface area contributed by atoms with Crippen molar-refractivity contribution in [3.05, 3.63) is 71.8 Å². The van der Waals surface area contributed by atoms with Gasteiger partial charge >= 0.3 is 6.18 Å². The van der Waals surface area contributed by atoms with Crippen molar-refractivity contribution in [1.82, 2.24) is 15.1 Å². The number of likely N-dealkylation sites (tertiary alicyclic amines) is 2. The van der Waals surface area contributed by atoms with E-state index >= 15 is 0 Å². The van der Waals surface area contributed by atoms with Crippen molar-refractivity contribution in [3.63, 3.8) is 0 Å². The molecule has 2 aromatic rings. The quantitative estimate of drug-likeness (QED) is 0.755. The van der Waals surface area contributed by atoms with Crippen molar-refractivity contribution in [3.8, 4) is 0 Å². The Morgan fingerprint density at radius 3 is 2.10 bits per heavy atom. The van der Waals surface area contributed by atoms with E-state index in [1.807, 2.05) is 60.7 Å². The van der Waals surface area contributed by atoms with E-state index in [2.05, 4.69) is 10.2 Å². The summed E-state index contributed by atoms with van der Waals surface area (Å²) in [6, 6.07) is 19.1. The van der Waals surface area contributed by atoms with Crippen LogP contribution in [0.3, 0.4) is 0 Å². The van der Waals surface area contributed by atoms with E-state index in [9.17, 15) is 18.0 Å². The maximum atomic E-state index is 14.1. The molecule has 0 bridgehead atoms. The standard InChI is InChI=1S/C24H28F3N3O/c25-24(26,27)23(12-14-30(18-23)16-20-9-5-2-6-10-20)22(31)28-21-11-13-29(17-21)15-19-7-3-1-4-8-19/h1-10,21H,11-18H2,(H,28,31). The number of amides is 1. The number of carbonyl (C=O) groups excluding carboxylic acids is 1. The minimum atomic E-state index is -4.58. The maximum Gasteiger partial charge on any atom is 0.404 e. The van der Waals surface area contributed by atoms with Gasteiger partial charge in [-0.25, -0.2) is 0 Å². The SMILES string of the molecule is O=C(NC1CCN(Cc2ccccc2)C1)C1(C(F)(F)F)CCN(Cc2ccccc2)C1. The first-order chi connectivity index (χ1) is 14.9. The second kappa shape index (κ2) is 9.01. The van der Waals surface area contributed by atoms with Gasteiger partial charge < -0.3 is 5.32 Å². The minimum Gasteiger partial charge on any atom is -0.351 e. The fraction of sp³-hybridized carbons (Fsp3) is 0.458. The molecule has 2 fully saturated rings. The van der Waals surface area contributed by atoms with Crippen LogP contribution in [-0.4, -0.2) is 54.1 Å². The number of halogens is 3. The largest absolute Gasteiger partial charge is 0.404 e. The molecule has 2 heterocycles. The average Bonchev–Trinajstić information content (AvgIpc) is 3.37. The van der Waals surface area contributed by atoms with Crippen LogP contribution in [-0.2, 0) is 17.9 Å². The molecule has 2 unspecified atom stereocenters. The van der Waals surface area contributed by atoms with E-state index in [0.717, 1.165) is 24.2 Å². The number of nitrogens with zero attached hydrogens (tertiary/aromatic N) is 2. The first-order valence-electron chi connectivity index (χ1n) is 10.8. The average molecular weight is 432 g/mol. The zero-order chi connectivity index (χ0) is 21.9. The van der Waals surface area contributed by atoms with Gasteiger partial charge in [0.1, 0.15) is 0 Å². The Morgan fingerprint density at radius 1 is 0.935 bits per heavy atom. The van der Waals surface area contributed by atoms with Crippen molar-refractivity contribution >= 4 is 5.91 Å². The number of carbonyl (C=O) groups is 1. The van der Waals surface area contributed by atoms with Crippen LogP contribution in [0, 0.1) is 5.41 Å². The minimum absolute atomic E-state index is 0.199. The van der Waals surface area contributed by atoms with Gasteiger partial charge in [0.25, 0.3) is 0 Å². The Bertz CT molecular complexity index is 875. The predicted octanol–water partition coefficient (Wildman–Crippen LogP) is 3.83. The van der Waals surface area contributed by atoms with E-state index in [4.69, 9.17) is 0 Å². The number of hydrogen-bond acceptors (Lipinski definition) is 3. The molecule has 1 amide bonds. The van der Waals surface area contributed by atoms with Gasteiger partial charge in [0.05, 0.1) is 0 Å². The zero-order valence-electron chi connectivity index (χ0n) is 17.4. The van der Waals surface area contributed by atoms with Crippen LogP contribution in [0.2, 0.25) is 0 Å². The molecule has 7 heteroatoms. The van der Waals surface area contributed by atoms with Crippen LogP contribution in [0.5, 0.6) is 0 Å². The highest BCUT2D eigenvalue weighted by Gasteiger charge is 2.63. The third-order valence-corrected chi connectivity index (χ3v) is 6.43. The molecule has 1 N–H and O–H groups in total. The van der Waals surface area contributed by atoms with Gasteiger partial charge in [-0.2, -0.15) is 13.2 Å². The second-order valence-corrected chi connectivity index (χ2v) is 8.71. The molecule has 31 heavy (non-hydrogen) atoms. The summed E-state index contributed by atoms with van der Waals surface area (Å²) in [6.07, 6.45) is -4.11. The van der Waals surface area contributed by atoms with Crippen molar-refractivity contribution < 1.29 is 18.0 Å². The second-order valence-electron chi connectivity index (χ2n) is 8.71. The molecule has 2 aromatic carbocycles. The summed E-state index contributed by atoms with van der Waals surface area (Å²) in [5.74, 6) is -0.873. The lowest BCUT2D eigenvalue weighted by Crippen LogP contribution is -2.55. The molecule has 4 nitrogen and oxygen atoms in total. The van der Waals surface area contributed by atoms with Gasteiger partial charge in [-0.05, 0) is 30.5 Å². The summed E-state index contributed by atoms with van der Waals surface area (Å²) in [7, 11) is 0. The Balaban J connectivity index is 1.38. The summed E-state index contributed by atoms with van der Waals surface area (Å²) < 4.78 is 42.4. The summed E-state index contributed by atoms with van der Waals surface area (Å²) in [4.78, 5) is 16.9. The van der Waals surface area contributed by atoms with E-state index in [-0.39, 0.29) is 25.6 Å². The molecular formula is C24H28F3N3O. The monoisotopic (exact) mass is 431 g/mol. The third kappa shape index (κ3) is 4.93. The predicted molar refractivity (Wildman–Crippen MR) is 113 cm³/mol. The van der Waals surface area contributed by atoms with E-state index < -0.39 is 17.5 Å². The van der Waals surface area contributed by atoms with Crippen LogP contribution in [0.1, 0.15) is 24.0 Å². The van der Waals surface area contributed by atoms with E-state index in [0.29, 0.717) is 19.5 Å². The molecule has 166 valence electrons. The van der Waals surface area contributed by atoms with Crippen LogP contribution < -0.4 is 5.32 Å². The lowest BCUT2D eigenvalue weighted by atomic mass is 9.84. The number of hydrogen-bond donors (Lipinski definition) is 1. The number of alkyl halides is 3. The van der Waals surface area contributed by atoms with E-state index in [1.165, 1.54) is 0 Å². The molecule has 0 aromatic heterocycles. The molecule has 0 aliphatic carbocycles. The van der Waals surface area contributed by atoms with Gasteiger partial charge in [-0.3, -0.25) is 14.6 Å². The molecule has 2 aliphatic rings. The fourth-order valence-corrected chi connectivity index (χ4v) is 4.67. The highest BCUT2D eigenvalue weighted by Crippen LogP contribution is 2.46. The lowest BCUT2D eigenvalue weighted by Gasteiger charge is -2.32. The molecule has 2 atom stereocenters. The summed E-state index contributed by atoms with van der Waals surface area (Å²) >= 11 is 0. The number of nitrogens with one attached hydrogen (secondary N) is 1. The van der Waals surface area contributed by atoms with Gasteiger partial charge in [0.2, 0.25) is 5.91 Å². The van der Waals surface area contributed by atoms with Crippen LogP contribution in [0.25, 0.3) is 0 Å². The molecule has 0 radical (unpaired) electrons. The molecule has 0 saturated carbocycles. The van der Waals surface area contributed by atoms with E-state index in [1.54, 1.807) is 4.90 Å². The van der Waals surface area contributed by atoms with Gasteiger partial charge in [0, 0.05) is 38.8 Å². The van der Waals surface area contributed by atoms with Crippen molar-refractivity contribution in [2.75, 3.05) is 26.2 Å². The Hall–Kier alpha value is -2.38. The smallest absolute Gasteiger partial charge is 0.351 e. The topological polar surface area (TPSA) is 35.6 Å². The van der Waals surface area contributed by atoms with Crippen LogP contribution in [0.15, 0.2) is 60.7 Å². The molecule has 0 spiro atoms. The summed E-state index contributed by atoms with van der Waals surface area (Å²) in [5.41, 5.74) is -0.226. The zero-order valence-corrected chi connectivity index (χ0v) is 17.4. The Labute approximate surface area is 181 Å². The van der Waals surface area contributed by atoms with Gasteiger partial charge in [0.15, 0.2) is 5.41 Å². The van der Waals surface area contributed by atoms with Crippen molar-refractivity contribution in [2.24, 2.45) is 5.41 Å². The summed E-state index contributed by atoms with van der Waals surface area (Å²) in [6.45, 7) is 2.45. The first kappa shape index (κ1) is 21.8. The fourth-order valence-electron chi connectivity index (χ4n) is 4.67. The number of benzene rings is 2. The molecule has 4 rings (SSSR count). The first-order valence-corrected chi connectivity index (χ1v) is 10.8. The van der Waals surface area contributed by atoms with Crippen molar-refractivity contribution in [2.45, 2.75) is 38.1 Å². The Kier molecular flexibility index (Phi) is 6.34. The van der Waals surface area contributed by atoms with Gasteiger partial charge in [-0.1, -0.05) is 60.7 Å². The third-order valence-electron chi connectivity index (χ3n) is 6.43. The van der Waals surface area contributed by atoms with Crippen LogP contribution >= 0.6 is 0 Å². The molecule has 2 saturated heterocycles. The highest BCUT2D eigenvalue weighted by molar-refractivity contribution is 5.84. The normalized spacial score (nSPS) is 25.1. The molecular weight excluding hydrogens is 403 g/mol. The summed E-state index contributed by atoms with van der Waals surface area (Å²) in [5, 5.41) is 2.74.